The quantitative estimate of drug-likeness (QED) is 0.152. The second-order valence-corrected chi connectivity index (χ2v) is 7.92. The van der Waals surface area contributed by atoms with Gasteiger partial charge in [0.1, 0.15) is 23.0 Å². The lowest BCUT2D eigenvalue weighted by Crippen LogP contribution is -2.07. The third-order valence-electron chi connectivity index (χ3n) is 5.32. The van der Waals surface area contributed by atoms with Crippen molar-refractivity contribution in [1.29, 1.82) is 0 Å². The van der Waals surface area contributed by atoms with Gasteiger partial charge in [-0.15, -0.1) is 0 Å². The number of benzene rings is 3. The zero-order valence-electron chi connectivity index (χ0n) is 21.4. The lowest BCUT2D eigenvalue weighted by Gasteiger charge is -2.17. The largest absolute Gasteiger partial charge is 0.423 e. The first kappa shape index (κ1) is 29.9. The van der Waals surface area contributed by atoms with E-state index in [1.54, 1.807) is 0 Å². The minimum absolute atomic E-state index is 0.00150. The van der Waals surface area contributed by atoms with Gasteiger partial charge in [0.15, 0.2) is 0 Å². The van der Waals surface area contributed by atoms with E-state index >= 15 is 0 Å². The van der Waals surface area contributed by atoms with Crippen LogP contribution in [0.25, 0.3) is 22.3 Å². The number of alkyl halides is 2. The van der Waals surface area contributed by atoms with Crippen molar-refractivity contribution < 1.29 is 46.9 Å². The number of hydrogen-bond acceptors (Lipinski definition) is 8. The zero-order valence-corrected chi connectivity index (χ0v) is 21.4. The van der Waals surface area contributed by atoms with Gasteiger partial charge in [-0.25, -0.2) is 28.0 Å². The van der Waals surface area contributed by atoms with Crippen LogP contribution >= 0.6 is 0 Å². The number of rotatable bonds is 11. The van der Waals surface area contributed by atoms with Gasteiger partial charge in [-0.05, 0) is 41.5 Å². The topological polar surface area (TPSA) is 105 Å². The van der Waals surface area contributed by atoms with Crippen molar-refractivity contribution in [2.24, 2.45) is 0 Å². The maximum absolute atomic E-state index is 14.4. The van der Waals surface area contributed by atoms with Crippen LogP contribution in [0.15, 0.2) is 105 Å². The first-order valence-electron chi connectivity index (χ1n) is 11.7. The fourth-order valence-corrected chi connectivity index (χ4v) is 3.53. The monoisotopic (exact) mass is 560 g/mol. The number of carbonyl (C=O) groups is 4. The molecule has 0 saturated carbocycles. The van der Waals surface area contributed by atoms with Crippen LogP contribution in [0.3, 0.4) is 0 Å². The molecule has 0 radical (unpaired) electrons. The molecule has 41 heavy (non-hydrogen) atoms. The summed E-state index contributed by atoms with van der Waals surface area (Å²) in [6, 6.07) is 11.9. The Morgan fingerprint density at radius 1 is 0.561 bits per heavy atom. The average Bonchev–Trinajstić information content (AvgIpc) is 2.96. The predicted molar refractivity (Wildman–Crippen MR) is 146 cm³/mol. The Morgan fingerprint density at radius 2 is 0.976 bits per heavy atom. The van der Waals surface area contributed by atoms with Gasteiger partial charge < -0.3 is 18.9 Å². The molecule has 0 aliphatic rings. The molecule has 3 aromatic carbocycles. The molecule has 0 unspecified atom stereocenters. The fourth-order valence-electron chi connectivity index (χ4n) is 3.53. The van der Waals surface area contributed by atoms with Crippen LogP contribution in [0.4, 0.5) is 8.78 Å². The summed E-state index contributed by atoms with van der Waals surface area (Å²) in [5.74, 6) is -3.53. The Bertz CT molecular complexity index is 1570. The van der Waals surface area contributed by atoms with Gasteiger partial charge in [0.2, 0.25) is 0 Å². The summed E-state index contributed by atoms with van der Waals surface area (Å²) in [6.45, 7) is 13.3. The summed E-state index contributed by atoms with van der Waals surface area (Å²) in [6.07, 6.45) is 0.646. The Kier molecular flexibility index (Phi) is 9.80. The average molecular weight is 561 g/mol. The second-order valence-electron chi connectivity index (χ2n) is 7.92. The third kappa shape index (κ3) is 7.48. The molecule has 0 heterocycles. The van der Waals surface area contributed by atoms with Crippen molar-refractivity contribution in [3.8, 4) is 45.3 Å². The molecular weight excluding hydrogens is 538 g/mol. The van der Waals surface area contributed by atoms with Crippen LogP contribution in [0.2, 0.25) is 0 Å². The van der Waals surface area contributed by atoms with Gasteiger partial charge in [-0.1, -0.05) is 38.4 Å². The molecule has 0 aliphatic carbocycles. The maximum Gasteiger partial charge on any atom is 0.335 e. The van der Waals surface area contributed by atoms with Gasteiger partial charge in [0, 0.05) is 53.1 Å². The van der Waals surface area contributed by atoms with Crippen LogP contribution < -0.4 is 18.9 Å². The molecule has 8 nitrogen and oxygen atoms in total. The maximum atomic E-state index is 14.4. The van der Waals surface area contributed by atoms with E-state index in [0.29, 0.717) is 0 Å². The Balaban J connectivity index is 2.17. The molecule has 0 bridgehead atoms. The molecule has 3 rings (SSSR count). The van der Waals surface area contributed by atoms with E-state index in [9.17, 15) is 28.0 Å². The van der Waals surface area contributed by atoms with E-state index in [1.165, 1.54) is 54.6 Å². The van der Waals surface area contributed by atoms with Crippen molar-refractivity contribution in [2.75, 3.05) is 0 Å². The van der Waals surface area contributed by atoms with Crippen LogP contribution in [0, 0.1) is 0 Å². The van der Waals surface area contributed by atoms with Crippen molar-refractivity contribution in [1.82, 2.24) is 0 Å². The summed E-state index contributed by atoms with van der Waals surface area (Å²) in [5.41, 5.74) is 0.0666. The number of esters is 4. The highest BCUT2D eigenvalue weighted by Gasteiger charge is 2.22. The molecule has 0 N–H and O–H groups in total. The lowest BCUT2D eigenvalue weighted by atomic mass is 9.94. The molecule has 0 aliphatic heterocycles. The van der Waals surface area contributed by atoms with Crippen LogP contribution in [-0.2, 0) is 19.2 Å². The first-order chi connectivity index (χ1) is 19.6. The lowest BCUT2D eigenvalue weighted by molar-refractivity contribution is -0.130. The molecule has 0 amide bonds. The zero-order chi connectivity index (χ0) is 30.1. The Morgan fingerprint density at radius 3 is 1.44 bits per heavy atom. The molecule has 0 spiro atoms. The summed E-state index contributed by atoms with van der Waals surface area (Å²) < 4.78 is 49.5. The van der Waals surface area contributed by atoms with E-state index in [4.69, 9.17) is 18.9 Å². The van der Waals surface area contributed by atoms with Crippen molar-refractivity contribution in [3.63, 3.8) is 0 Å². The van der Waals surface area contributed by atoms with E-state index in [0.717, 1.165) is 24.3 Å². The molecular formula is C31H22F2O8. The number of carbonyl (C=O) groups excluding carboxylic acids is 4. The smallest absolute Gasteiger partial charge is 0.335 e. The molecule has 208 valence electrons. The van der Waals surface area contributed by atoms with E-state index in [-0.39, 0.29) is 45.3 Å². The van der Waals surface area contributed by atoms with Crippen molar-refractivity contribution >= 4 is 23.9 Å². The second kappa shape index (κ2) is 13.4. The summed E-state index contributed by atoms with van der Waals surface area (Å²) >= 11 is 0. The third-order valence-corrected chi connectivity index (χ3v) is 5.32. The van der Waals surface area contributed by atoms with Gasteiger partial charge in [0.05, 0.1) is 0 Å². The van der Waals surface area contributed by atoms with Gasteiger partial charge in [-0.2, -0.15) is 0 Å². The Labute approximate surface area is 233 Å². The molecule has 10 heteroatoms. The SMILES string of the molecule is C=CC(=O)Oc1ccc(-c2ccc(-c3ccc(OC(=O)C=C)cc3OC(=O)C=C)c(C(F)F)c2)c(OC(=O)C=C)c1. The standard InChI is InChI=1S/C31H22F2O8/c1-5-27(34)38-19-10-13-21(25(16-19)40-29(36)7-3)18-9-12-22(24(15-18)31(32)33)23-14-11-20(39-28(35)6-2)17-26(23)41-30(37)8-4/h5-17,31H,1-4H2. The highest BCUT2D eigenvalue weighted by atomic mass is 19.3. The van der Waals surface area contributed by atoms with Crippen molar-refractivity contribution in [2.45, 2.75) is 6.43 Å². The van der Waals surface area contributed by atoms with Crippen LogP contribution in [0.1, 0.15) is 12.0 Å². The first-order valence-corrected chi connectivity index (χ1v) is 11.7. The predicted octanol–water partition coefficient (Wildman–Crippen LogP) is 6.32. The number of halogens is 2. The number of ether oxygens (including phenoxy) is 4. The van der Waals surface area contributed by atoms with Crippen LogP contribution in [-0.4, -0.2) is 23.9 Å². The molecule has 0 saturated heterocycles. The molecule has 3 aromatic rings. The van der Waals surface area contributed by atoms with Gasteiger partial charge >= 0.3 is 23.9 Å². The summed E-state index contributed by atoms with van der Waals surface area (Å²) in [4.78, 5) is 47.2. The molecule has 0 atom stereocenters. The minimum Gasteiger partial charge on any atom is -0.423 e. The van der Waals surface area contributed by atoms with E-state index in [1.807, 2.05) is 0 Å². The van der Waals surface area contributed by atoms with Gasteiger partial charge in [-0.3, -0.25) is 0 Å². The van der Waals surface area contributed by atoms with E-state index < -0.39 is 35.9 Å². The highest BCUT2D eigenvalue weighted by Crippen LogP contribution is 2.42. The normalized spacial score (nSPS) is 10.2. The fraction of sp³-hybridized carbons (Fsp3) is 0.0323. The highest BCUT2D eigenvalue weighted by molar-refractivity contribution is 5.89. The molecule has 0 fully saturated rings. The van der Waals surface area contributed by atoms with E-state index in [2.05, 4.69) is 26.3 Å². The summed E-state index contributed by atoms with van der Waals surface area (Å²) in [5, 5.41) is 0. The van der Waals surface area contributed by atoms with Gasteiger partial charge in [0.25, 0.3) is 6.43 Å². The molecule has 0 aromatic heterocycles. The van der Waals surface area contributed by atoms with Crippen LogP contribution in [0.5, 0.6) is 23.0 Å². The minimum atomic E-state index is -3.00. The summed E-state index contributed by atoms with van der Waals surface area (Å²) in [7, 11) is 0. The Hall–Kier alpha value is -5.64. The number of hydrogen-bond donors (Lipinski definition) is 0. The van der Waals surface area contributed by atoms with Crippen molar-refractivity contribution in [3.05, 3.63) is 111 Å².